The molecule has 122 valence electrons. The van der Waals surface area contributed by atoms with Gasteiger partial charge >= 0.3 is 5.63 Å². The molecule has 0 atom stereocenters. The molecule has 0 saturated carbocycles. The molecule has 4 heteroatoms. The Morgan fingerprint density at radius 1 is 1.08 bits per heavy atom. The van der Waals surface area contributed by atoms with Crippen molar-refractivity contribution in [3.63, 3.8) is 0 Å². The van der Waals surface area contributed by atoms with Crippen LogP contribution >= 0.6 is 0 Å². The second-order valence-corrected chi connectivity index (χ2v) is 5.86. The molecule has 0 N–H and O–H groups in total. The van der Waals surface area contributed by atoms with E-state index >= 15 is 0 Å². The van der Waals surface area contributed by atoms with Crippen LogP contribution in [0.1, 0.15) is 34.0 Å². The third kappa shape index (κ3) is 3.08. The highest BCUT2D eigenvalue weighted by atomic mass is 16.5. The van der Waals surface area contributed by atoms with E-state index in [0.29, 0.717) is 16.9 Å². The molecule has 2 aromatic carbocycles. The lowest BCUT2D eigenvalue weighted by atomic mass is 10.0. The number of fused-ring (bicyclic) bond motifs is 1. The lowest BCUT2D eigenvalue weighted by Gasteiger charge is -2.12. The van der Waals surface area contributed by atoms with Crippen LogP contribution in [0.2, 0.25) is 0 Å². The van der Waals surface area contributed by atoms with Gasteiger partial charge in [0.1, 0.15) is 17.9 Å². The van der Waals surface area contributed by atoms with Gasteiger partial charge in [0.05, 0.1) is 5.56 Å². The predicted octanol–water partition coefficient (Wildman–Crippen LogP) is 4.19. The van der Waals surface area contributed by atoms with E-state index in [1.54, 1.807) is 18.2 Å². The summed E-state index contributed by atoms with van der Waals surface area (Å²) in [7, 11) is 0. The summed E-state index contributed by atoms with van der Waals surface area (Å²) in [5.74, 6) is 0.449. The van der Waals surface area contributed by atoms with E-state index in [4.69, 9.17) is 9.15 Å². The topological polar surface area (TPSA) is 56.5 Å². The summed E-state index contributed by atoms with van der Waals surface area (Å²) in [4.78, 5) is 23.5. The number of hydrogen-bond donors (Lipinski definition) is 0. The zero-order valence-electron chi connectivity index (χ0n) is 13.9. The Labute approximate surface area is 139 Å². The smallest absolute Gasteiger partial charge is 0.336 e. The normalized spacial score (nSPS) is 10.8. The van der Waals surface area contributed by atoms with Gasteiger partial charge in [-0.1, -0.05) is 12.1 Å². The summed E-state index contributed by atoms with van der Waals surface area (Å²) in [6.45, 7) is 5.67. The SMILES string of the molecule is CC(=O)c1ccccc1OCc1cc(=O)oc2cc(C)c(C)cc12. The van der Waals surface area contributed by atoms with Crippen molar-refractivity contribution in [3.8, 4) is 5.75 Å². The summed E-state index contributed by atoms with van der Waals surface area (Å²) >= 11 is 0. The van der Waals surface area contributed by atoms with Gasteiger partial charge < -0.3 is 9.15 Å². The fourth-order valence-electron chi connectivity index (χ4n) is 2.64. The van der Waals surface area contributed by atoms with Gasteiger partial charge in [0.2, 0.25) is 0 Å². The fraction of sp³-hybridized carbons (Fsp3) is 0.200. The number of carbonyl (C=O) groups excluding carboxylic acids is 1. The standard InChI is InChI=1S/C20H18O4/c1-12-8-17-15(10-20(22)24-19(17)9-13(12)2)11-23-18-7-5-4-6-16(18)14(3)21/h4-10H,11H2,1-3H3. The van der Waals surface area contributed by atoms with Gasteiger partial charge in [0.15, 0.2) is 5.78 Å². The first-order chi connectivity index (χ1) is 11.5. The molecule has 0 spiro atoms. The van der Waals surface area contributed by atoms with E-state index in [2.05, 4.69) is 0 Å². The second kappa shape index (κ2) is 6.32. The maximum Gasteiger partial charge on any atom is 0.336 e. The number of carbonyl (C=O) groups is 1. The molecular weight excluding hydrogens is 304 g/mol. The number of para-hydroxylation sites is 1. The summed E-state index contributed by atoms with van der Waals surface area (Å²) in [6, 6.07) is 12.4. The molecule has 0 bridgehead atoms. The molecule has 0 saturated heterocycles. The number of ether oxygens (including phenoxy) is 1. The van der Waals surface area contributed by atoms with Crippen molar-refractivity contribution in [2.24, 2.45) is 0 Å². The first-order valence-corrected chi connectivity index (χ1v) is 7.72. The molecule has 1 heterocycles. The average Bonchev–Trinajstić information content (AvgIpc) is 2.54. The lowest BCUT2D eigenvalue weighted by Crippen LogP contribution is -2.06. The minimum Gasteiger partial charge on any atom is -0.488 e. The van der Waals surface area contributed by atoms with Crippen LogP contribution in [0.5, 0.6) is 5.75 Å². The van der Waals surface area contributed by atoms with Crippen LogP contribution in [0.25, 0.3) is 11.0 Å². The Hall–Kier alpha value is -2.88. The zero-order valence-corrected chi connectivity index (χ0v) is 13.9. The monoisotopic (exact) mass is 322 g/mol. The van der Waals surface area contributed by atoms with E-state index in [-0.39, 0.29) is 12.4 Å². The van der Waals surface area contributed by atoms with E-state index < -0.39 is 5.63 Å². The van der Waals surface area contributed by atoms with Gasteiger partial charge in [-0.2, -0.15) is 0 Å². The van der Waals surface area contributed by atoms with Gasteiger partial charge in [-0.15, -0.1) is 0 Å². The molecule has 0 aliphatic rings. The summed E-state index contributed by atoms with van der Waals surface area (Å²) in [5, 5.41) is 0.845. The van der Waals surface area contributed by atoms with Crippen LogP contribution < -0.4 is 10.4 Å². The van der Waals surface area contributed by atoms with Crippen molar-refractivity contribution in [1.29, 1.82) is 0 Å². The largest absolute Gasteiger partial charge is 0.488 e. The Morgan fingerprint density at radius 3 is 2.54 bits per heavy atom. The van der Waals surface area contributed by atoms with E-state index in [9.17, 15) is 9.59 Å². The molecule has 0 radical (unpaired) electrons. The Balaban J connectivity index is 2.01. The highest BCUT2D eigenvalue weighted by molar-refractivity contribution is 5.96. The molecule has 4 nitrogen and oxygen atoms in total. The van der Waals surface area contributed by atoms with Crippen LogP contribution in [0, 0.1) is 13.8 Å². The van der Waals surface area contributed by atoms with Crippen molar-refractivity contribution in [1.82, 2.24) is 0 Å². The first-order valence-electron chi connectivity index (χ1n) is 7.72. The van der Waals surface area contributed by atoms with Crippen LogP contribution in [0.15, 0.2) is 51.7 Å². The Morgan fingerprint density at radius 2 is 1.79 bits per heavy atom. The zero-order chi connectivity index (χ0) is 17.3. The number of benzene rings is 2. The molecule has 24 heavy (non-hydrogen) atoms. The van der Waals surface area contributed by atoms with Crippen LogP contribution in [0.4, 0.5) is 0 Å². The van der Waals surface area contributed by atoms with Crippen molar-refractivity contribution in [3.05, 3.63) is 75.1 Å². The quantitative estimate of drug-likeness (QED) is 0.534. The highest BCUT2D eigenvalue weighted by Gasteiger charge is 2.11. The third-order valence-corrected chi connectivity index (χ3v) is 4.09. The highest BCUT2D eigenvalue weighted by Crippen LogP contribution is 2.24. The van der Waals surface area contributed by atoms with Gasteiger partial charge in [0, 0.05) is 17.0 Å². The summed E-state index contributed by atoms with van der Waals surface area (Å²) < 4.78 is 11.1. The fourth-order valence-corrected chi connectivity index (χ4v) is 2.64. The molecule has 3 aromatic rings. The number of ketones is 1. The molecule has 0 aliphatic carbocycles. The van der Waals surface area contributed by atoms with Gasteiger partial charge in [-0.25, -0.2) is 4.79 Å². The predicted molar refractivity (Wildman–Crippen MR) is 92.7 cm³/mol. The van der Waals surface area contributed by atoms with E-state index in [1.807, 2.05) is 32.0 Å². The minimum absolute atomic E-state index is 0.0606. The average molecular weight is 322 g/mol. The first kappa shape index (κ1) is 16.0. The summed E-state index contributed by atoms with van der Waals surface area (Å²) in [6.07, 6.45) is 0. The number of hydrogen-bond acceptors (Lipinski definition) is 4. The van der Waals surface area contributed by atoms with Crippen LogP contribution in [-0.4, -0.2) is 5.78 Å². The number of Topliss-reactive ketones (excluding diaryl/α,β-unsaturated/α-hetero) is 1. The number of aryl methyl sites for hydroxylation is 2. The van der Waals surface area contributed by atoms with Crippen molar-refractivity contribution < 1.29 is 13.9 Å². The second-order valence-electron chi connectivity index (χ2n) is 5.86. The van der Waals surface area contributed by atoms with Gasteiger partial charge in [-0.05, 0) is 56.2 Å². The van der Waals surface area contributed by atoms with Crippen LogP contribution in [0.3, 0.4) is 0 Å². The maximum atomic E-state index is 11.8. The van der Waals surface area contributed by atoms with Crippen LogP contribution in [-0.2, 0) is 6.61 Å². The summed E-state index contributed by atoms with van der Waals surface area (Å²) in [5.41, 5.74) is 3.57. The Bertz CT molecular complexity index is 983. The molecule has 0 fully saturated rings. The number of rotatable bonds is 4. The molecule has 0 aliphatic heterocycles. The minimum atomic E-state index is -0.413. The molecule has 1 aromatic heterocycles. The molecular formula is C20H18O4. The van der Waals surface area contributed by atoms with E-state index in [1.165, 1.54) is 13.0 Å². The maximum absolute atomic E-state index is 11.8. The third-order valence-electron chi connectivity index (χ3n) is 4.09. The van der Waals surface area contributed by atoms with E-state index in [0.717, 1.165) is 22.1 Å². The van der Waals surface area contributed by atoms with Gasteiger partial charge in [-0.3, -0.25) is 4.79 Å². The Kier molecular flexibility index (Phi) is 4.21. The van der Waals surface area contributed by atoms with Gasteiger partial charge in [0.25, 0.3) is 0 Å². The molecule has 0 amide bonds. The molecule has 0 unspecified atom stereocenters. The van der Waals surface area contributed by atoms with Crippen molar-refractivity contribution >= 4 is 16.8 Å². The van der Waals surface area contributed by atoms with Crippen molar-refractivity contribution in [2.45, 2.75) is 27.4 Å². The lowest BCUT2D eigenvalue weighted by molar-refractivity contribution is 0.101. The molecule has 3 rings (SSSR count). The van der Waals surface area contributed by atoms with Crippen molar-refractivity contribution in [2.75, 3.05) is 0 Å².